The third-order valence-electron chi connectivity index (χ3n) is 3.89. The molecule has 1 aromatic heterocycles. The van der Waals surface area contributed by atoms with Gasteiger partial charge in [0, 0.05) is 13.2 Å². The lowest BCUT2D eigenvalue weighted by atomic mass is 9.93. The molecule has 1 aliphatic carbocycles. The van der Waals surface area contributed by atoms with Crippen LogP contribution in [-0.2, 0) is 23.4 Å². The van der Waals surface area contributed by atoms with Crippen LogP contribution in [0.5, 0.6) is 0 Å². The molecule has 22 heavy (non-hydrogen) atoms. The molecular weight excluding hydrogens is 295 g/mol. The number of halogens is 3. The number of hydrogen-bond acceptors (Lipinski definition) is 2. The zero-order chi connectivity index (χ0) is 16.0. The first-order chi connectivity index (χ1) is 10.3. The number of amides is 1. The van der Waals surface area contributed by atoms with Gasteiger partial charge in [-0.2, -0.15) is 18.3 Å². The third kappa shape index (κ3) is 2.58. The molecule has 7 heteroatoms. The Morgan fingerprint density at radius 2 is 2.09 bits per heavy atom. The first kappa shape index (κ1) is 14.6. The van der Waals surface area contributed by atoms with Gasteiger partial charge in [-0.15, -0.1) is 0 Å². The van der Waals surface area contributed by atoms with Crippen molar-refractivity contribution < 1.29 is 18.0 Å². The second-order valence-electron chi connectivity index (χ2n) is 5.52. The largest absolute Gasteiger partial charge is 0.416 e. The smallest absolute Gasteiger partial charge is 0.323 e. The van der Waals surface area contributed by atoms with Crippen molar-refractivity contribution in [1.82, 2.24) is 9.78 Å². The van der Waals surface area contributed by atoms with E-state index in [0.29, 0.717) is 24.1 Å². The first-order valence-corrected chi connectivity index (χ1v) is 6.79. The fourth-order valence-corrected chi connectivity index (χ4v) is 2.50. The molecule has 1 aliphatic rings. The van der Waals surface area contributed by atoms with Gasteiger partial charge in [-0.05, 0) is 24.5 Å². The SMILES string of the molecule is Cn1cc(NC(=O)C2(c3cccc(C(F)(F)F)c3)CC2)cn1. The number of carbonyl (C=O) groups excluding carboxylic acids is 1. The van der Waals surface area contributed by atoms with Gasteiger partial charge in [0.2, 0.25) is 5.91 Å². The number of alkyl halides is 3. The minimum absolute atomic E-state index is 0.292. The van der Waals surface area contributed by atoms with E-state index in [1.807, 2.05) is 0 Å². The van der Waals surface area contributed by atoms with Crippen molar-refractivity contribution >= 4 is 11.6 Å². The van der Waals surface area contributed by atoms with Crippen LogP contribution in [0.4, 0.5) is 18.9 Å². The van der Waals surface area contributed by atoms with Gasteiger partial charge in [-0.1, -0.05) is 18.2 Å². The molecule has 1 N–H and O–H groups in total. The molecule has 1 fully saturated rings. The monoisotopic (exact) mass is 309 g/mol. The molecule has 1 heterocycles. The average Bonchev–Trinajstić information content (AvgIpc) is 3.17. The predicted octanol–water partition coefficient (Wildman–Crippen LogP) is 3.11. The normalized spacial score (nSPS) is 16.4. The molecule has 1 amide bonds. The topological polar surface area (TPSA) is 46.9 Å². The lowest BCUT2D eigenvalue weighted by Gasteiger charge is -2.17. The summed E-state index contributed by atoms with van der Waals surface area (Å²) < 4.78 is 40.0. The summed E-state index contributed by atoms with van der Waals surface area (Å²) in [7, 11) is 1.72. The van der Waals surface area contributed by atoms with Crippen molar-refractivity contribution in [2.75, 3.05) is 5.32 Å². The molecule has 1 saturated carbocycles. The Bertz CT molecular complexity index is 717. The standard InChI is InChI=1S/C15H14F3N3O/c1-21-9-12(8-19-21)20-13(22)14(5-6-14)10-3-2-4-11(7-10)15(16,17)18/h2-4,7-9H,5-6H2,1H3,(H,20,22). The Hall–Kier alpha value is -2.31. The molecule has 2 aromatic rings. The maximum atomic E-state index is 12.8. The zero-order valence-corrected chi connectivity index (χ0v) is 11.8. The highest BCUT2D eigenvalue weighted by molar-refractivity contribution is 6.01. The van der Waals surface area contributed by atoms with Crippen LogP contribution in [-0.4, -0.2) is 15.7 Å². The number of nitrogens with one attached hydrogen (secondary N) is 1. The summed E-state index contributed by atoms with van der Waals surface area (Å²) in [6, 6.07) is 5.00. The van der Waals surface area contributed by atoms with E-state index in [4.69, 9.17) is 0 Å². The number of benzene rings is 1. The van der Waals surface area contributed by atoms with Crippen molar-refractivity contribution in [2.24, 2.45) is 7.05 Å². The van der Waals surface area contributed by atoms with Crippen LogP contribution in [0.1, 0.15) is 24.0 Å². The number of nitrogens with zero attached hydrogens (tertiary/aromatic N) is 2. The summed E-state index contributed by atoms with van der Waals surface area (Å²) in [5.74, 6) is -0.292. The minimum Gasteiger partial charge on any atom is -0.323 e. The van der Waals surface area contributed by atoms with E-state index >= 15 is 0 Å². The number of aryl methyl sites for hydroxylation is 1. The van der Waals surface area contributed by atoms with Crippen LogP contribution >= 0.6 is 0 Å². The molecule has 0 radical (unpaired) electrons. The maximum Gasteiger partial charge on any atom is 0.416 e. The number of carbonyl (C=O) groups is 1. The van der Waals surface area contributed by atoms with Gasteiger partial charge in [0.1, 0.15) is 0 Å². The summed E-state index contributed by atoms with van der Waals surface area (Å²) >= 11 is 0. The van der Waals surface area contributed by atoms with Gasteiger partial charge in [0.25, 0.3) is 0 Å². The maximum absolute atomic E-state index is 12.8. The summed E-state index contributed by atoms with van der Waals surface area (Å²) in [6.45, 7) is 0. The molecule has 116 valence electrons. The average molecular weight is 309 g/mol. The molecule has 0 spiro atoms. The number of rotatable bonds is 3. The van der Waals surface area contributed by atoms with E-state index in [2.05, 4.69) is 10.4 Å². The van der Waals surface area contributed by atoms with Gasteiger partial charge in [-0.3, -0.25) is 9.48 Å². The second-order valence-corrected chi connectivity index (χ2v) is 5.52. The summed E-state index contributed by atoms with van der Waals surface area (Å²) in [4.78, 5) is 12.4. The number of anilines is 1. The van der Waals surface area contributed by atoms with Crippen molar-refractivity contribution in [1.29, 1.82) is 0 Å². The van der Waals surface area contributed by atoms with E-state index in [1.54, 1.807) is 24.0 Å². The van der Waals surface area contributed by atoms with Crippen LogP contribution in [0.25, 0.3) is 0 Å². The highest BCUT2D eigenvalue weighted by Gasteiger charge is 2.51. The summed E-state index contributed by atoms with van der Waals surface area (Å²) in [5, 5.41) is 6.66. The Labute approximate surface area is 124 Å². The zero-order valence-electron chi connectivity index (χ0n) is 11.8. The molecule has 0 aliphatic heterocycles. The number of aromatic nitrogens is 2. The Kier molecular flexibility index (Phi) is 3.23. The van der Waals surface area contributed by atoms with E-state index in [9.17, 15) is 18.0 Å². The van der Waals surface area contributed by atoms with Crippen LogP contribution in [0.2, 0.25) is 0 Å². The van der Waals surface area contributed by atoms with Crippen LogP contribution in [0.3, 0.4) is 0 Å². The van der Waals surface area contributed by atoms with E-state index in [-0.39, 0.29) is 5.91 Å². The van der Waals surface area contributed by atoms with Crippen LogP contribution in [0, 0.1) is 0 Å². The molecule has 4 nitrogen and oxygen atoms in total. The van der Waals surface area contributed by atoms with Crippen LogP contribution in [0.15, 0.2) is 36.7 Å². The molecule has 0 bridgehead atoms. The van der Waals surface area contributed by atoms with E-state index in [1.165, 1.54) is 12.3 Å². The van der Waals surface area contributed by atoms with Gasteiger partial charge in [0.15, 0.2) is 0 Å². The molecular formula is C15H14F3N3O. The van der Waals surface area contributed by atoms with E-state index < -0.39 is 17.2 Å². The van der Waals surface area contributed by atoms with Crippen LogP contribution < -0.4 is 5.32 Å². The Morgan fingerprint density at radius 3 is 2.64 bits per heavy atom. The lowest BCUT2D eigenvalue weighted by molar-refractivity contribution is -0.137. The molecule has 1 aromatic carbocycles. The van der Waals surface area contributed by atoms with Gasteiger partial charge < -0.3 is 5.32 Å². The first-order valence-electron chi connectivity index (χ1n) is 6.79. The van der Waals surface area contributed by atoms with Crippen molar-refractivity contribution in [2.45, 2.75) is 24.4 Å². The van der Waals surface area contributed by atoms with Crippen molar-refractivity contribution in [3.8, 4) is 0 Å². The summed E-state index contributed by atoms with van der Waals surface area (Å²) in [6.07, 6.45) is -0.188. The quantitative estimate of drug-likeness (QED) is 0.947. The van der Waals surface area contributed by atoms with Gasteiger partial charge in [0.05, 0.1) is 22.9 Å². The summed E-state index contributed by atoms with van der Waals surface area (Å²) in [5.41, 5.74) is -0.656. The highest BCUT2D eigenvalue weighted by atomic mass is 19.4. The molecule has 0 saturated heterocycles. The molecule has 0 atom stereocenters. The van der Waals surface area contributed by atoms with Gasteiger partial charge >= 0.3 is 6.18 Å². The van der Waals surface area contributed by atoms with Crippen molar-refractivity contribution in [3.05, 3.63) is 47.8 Å². The predicted molar refractivity (Wildman–Crippen MR) is 74.2 cm³/mol. The Balaban J connectivity index is 1.86. The second kappa shape index (κ2) is 4.86. The Morgan fingerprint density at radius 1 is 1.36 bits per heavy atom. The fourth-order valence-electron chi connectivity index (χ4n) is 2.50. The van der Waals surface area contributed by atoms with Gasteiger partial charge in [-0.25, -0.2) is 0 Å². The lowest BCUT2D eigenvalue weighted by Crippen LogP contribution is -2.28. The van der Waals surface area contributed by atoms with Crippen molar-refractivity contribution in [3.63, 3.8) is 0 Å². The molecule has 3 rings (SSSR count). The minimum atomic E-state index is -4.41. The fraction of sp³-hybridized carbons (Fsp3) is 0.333. The third-order valence-corrected chi connectivity index (χ3v) is 3.89. The van der Waals surface area contributed by atoms with E-state index in [0.717, 1.165) is 12.1 Å². The highest BCUT2D eigenvalue weighted by Crippen LogP contribution is 2.49. The number of hydrogen-bond donors (Lipinski definition) is 1. The molecule has 0 unspecified atom stereocenters.